The monoisotopic (exact) mass is 271 g/mol. The van der Waals surface area contributed by atoms with Crippen molar-refractivity contribution in [1.82, 2.24) is 14.7 Å². The van der Waals surface area contributed by atoms with E-state index < -0.39 is 10.0 Å². The first kappa shape index (κ1) is 12.1. The van der Waals surface area contributed by atoms with Crippen LogP contribution in [0.4, 0.5) is 0 Å². The molecule has 0 radical (unpaired) electrons. The topological polar surface area (TPSA) is 74.8 Å². The van der Waals surface area contributed by atoms with Crippen LogP contribution in [0.15, 0.2) is 41.6 Å². The SMILES string of the molecule is O=S(=O)(NCc1ncc[nH]1)c1ccccc1Cl. The molecule has 0 spiro atoms. The van der Waals surface area contributed by atoms with Gasteiger partial charge in [-0.1, -0.05) is 23.7 Å². The van der Waals surface area contributed by atoms with Gasteiger partial charge in [0.15, 0.2) is 0 Å². The van der Waals surface area contributed by atoms with Crippen LogP contribution in [0, 0.1) is 0 Å². The Labute approximate surface area is 104 Å². The largest absolute Gasteiger partial charge is 0.347 e. The van der Waals surface area contributed by atoms with Crippen LogP contribution in [0.5, 0.6) is 0 Å². The van der Waals surface area contributed by atoms with Crippen LogP contribution in [0.25, 0.3) is 0 Å². The lowest BCUT2D eigenvalue weighted by molar-refractivity contribution is 0.579. The molecule has 0 atom stereocenters. The van der Waals surface area contributed by atoms with E-state index in [1.54, 1.807) is 24.5 Å². The van der Waals surface area contributed by atoms with Gasteiger partial charge in [0.1, 0.15) is 10.7 Å². The molecule has 17 heavy (non-hydrogen) atoms. The van der Waals surface area contributed by atoms with Gasteiger partial charge in [0.05, 0.1) is 11.6 Å². The van der Waals surface area contributed by atoms with Crippen LogP contribution in [0.2, 0.25) is 5.02 Å². The van der Waals surface area contributed by atoms with E-state index in [1.807, 2.05) is 0 Å². The van der Waals surface area contributed by atoms with Crippen molar-refractivity contribution in [2.45, 2.75) is 11.4 Å². The minimum absolute atomic E-state index is 0.0632. The van der Waals surface area contributed by atoms with E-state index >= 15 is 0 Å². The Morgan fingerprint density at radius 3 is 2.76 bits per heavy atom. The molecule has 7 heteroatoms. The lowest BCUT2D eigenvalue weighted by Crippen LogP contribution is -2.24. The number of hydrogen-bond acceptors (Lipinski definition) is 3. The second-order valence-electron chi connectivity index (χ2n) is 3.29. The van der Waals surface area contributed by atoms with Crippen LogP contribution < -0.4 is 4.72 Å². The third-order valence-corrected chi connectivity index (χ3v) is 4.01. The van der Waals surface area contributed by atoms with E-state index in [0.717, 1.165) is 0 Å². The number of nitrogens with one attached hydrogen (secondary N) is 2. The summed E-state index contributed by atoms with van der Waals surface area (Å²) < 4.78 is 26.2. The number of halogens is 1. The molecule has 2 aromatic rings. The van der Waals surface area contributed by atoms with E-state index in [-0.39, 0.29) is 16.5 Å². The highest BCUT2D eigenvalue weighted by Crippen LogP contribution is 2.20. The predicted octanol–water partition coefficient (Wildman–Crippen LogP) is 1.54. The average Bonchev–Trinajstić information content (AvgIpc) is 2.80. The van der Waals surface area contributed by atoms with Crippen molar-refractivity contribution in [1.29, 1.82) is 0 Å². The van der Waals surface area contributed by atoms with Crippen molar-refractivity contribution >= 4 is 21.6 Å². The summed E-state index contributed by atoms with van der Waals surface area (Å²) in [5, 5.41) is 0.194. The van der Waals surface area contributed by atoms with Gasteiger partial charge < -0.3 is 4.98 Å². The van der Waals surface area contributed by atoms with Crippen molar-refractivity contribution in [3.8, 4) is 0 Å². The van der Waals surface area contributed by atoms with Crippen molar-refractivity contribution < 1.29 is 8.42 Å². The first-order valence-electron chi connectivity index (χ1n) is 4.82. The zero-order valence-electron chi connectivity index (χ0n) is 8.72. The maximum Gasteiger partial charge on any atom is 0.242 e. The van der Waals surface area contributed by atoms with Crippen LogP contribution >= 0.6 is 11.6 Å². The van der Waals surface area contributed by atoms with Crippen LogP contribution in [-0.2, 0) is 16.6 Å². The predicted molar refractivity (Wildman–Crippen MR) is 64.1 cm³/mol. The van der Waals surface area contributed by atoms with Crippen LogP contribution in [0.1, 0.15) is 5.82 Å². The van der Waals surface area contributed by atoms with Gasteiger partial charge in [0.25, 0.3) is 0 Å². The summed E-state index contributed by atoms with van der Waals surface area (Å²) in [5.41, 5.74) is 0. The van der Waals surface area contributed by atoms with Gasteiger partial charge in [-0.25, -0.2) is 18.1 Å². The van der Waals surface area contributed by atoms with Crippen molar-refractivity contribution in [3.63, 3.8) is 0 Å². The van der Waals surface area contributed by atoms with E-state index in [0.29, 0.717) is 5.82 Å². The first-order chi connectivity index (χ1) is 8.09. The Morgan fingerprint density at radius 1 is 1.35 bits per heavy atom. The number of benzene rings is 1. The molecule has 0 saturated carbocycles. The smallest absolute Gasteiger partial charge is 0.242 e. The highest BCUT2D eigenvalue weighted by Gasteiger charge is 2.17. The number of nitrogens with zero attached hydrogens (tertiary/aromatic N) is 1. The van der Waals surface area contributed by atoms with Gasteiger partial charge >= 0.3 is 0 Å². The second-order valence-corrected chi connectivity index (χ2v) is 5.43. The summed E-state index contributed by atoms with van der Waals surface area (Å²) in [6, 6.07) is 6.27. The van der Waals surface area contributed by atoms with Crippen molar-refractivity contribution in [2.24, 2.45) is 0 Å². The Hall–Kier alpha value is -1.37. The number of aromatic nitrogens is 2. The molecule has 0 aliphatic rings. The highest BCUT2D eigenvalue weighted by molar-refractivity contribution is 7.89. The molecular weight excluding hydrogens is 262 g/mol. The van der Waals surface area contributed by atoms with Gasteiger partial charge in [-0.15, -0.1) is 0 Å². The number of H-pyrrole nitrogens is 1. The van der Waals surface area contributed by atoms with Gasteiger partial charge in [0.2, 0.25) is 10.0 Å². The summed E-state index contributed by atoms with van der Waals surface area (Å²) in [6.07, 6.45) is 3.18. The van der Waals surface area contributed by atoms with Crippen molar-refractivity contribution in [3.05, 3.63) is 47.5 Å². The minimum Gasteiger partial charge on any atom is -0.347 e. The number of aromatic amines is 1. The van der Waals surface area contributed by atoms with Gasteiger partial charge in [-0.2, -0.15) is 0 Å². The maximum atomic E-state index is 11.9. The Morgan fingerprint density at radius 2 is 2.12 bits per heavy atom. The van der Waals surface area contributed by atoms with Gasteiger partial charge in [-0.05, 0) is 12.1 Å². The van der Waals surface area contributed by atoms with Crippen LogP contribution in [-0.4, -0.2) is 18.4 Å². The summed E-state index contributed by atoms with van der Waals surface area (Å²) >= 11 is 5.83. The first-order valence-corrected chi connectivity index (χ1v) is 6.68. The van der Waals surface area contributed by atoms with Gasteiger partial charge in [0, 0.05) is 12.4 Å². The number of sulfonamides is 1. The van der Waals surface area contributed by atoms with Crippen molar-refractivity contribution in [2.75, 3.05) is 0 Å². The molecule has 0 fully saturated rings. The summed E-state index contributed by atoms with van der Waals surface area (Å²) in [7, 11) is -3.61. The maximum absolute atomic E-state index is 11.9. The molecule has 1 aromatic carbocycles. The van der Waals surface area contributed by atoms with Gasteiger partial charge in [-0.3, -0.25) is 0 Å². The molecule has 0 bridgehead atoms. The molecule has 0 aliphatic heterocycles. The second kappa shape index (κ2) is 4.87. The van der Waals surface area contributed by atoms with Crippen LogP contribution in [0.3, 0.4) is 0 Å². The lowest BCUT2D eigenvalue weighted by Gasteiger charge is -2.06. The fourth-order valence-corrected chi connectivity index (χ4v) is 2.80. The number of hydrogen-bond donors (Lipinski definition) is 2. The molecule has 0 amide bonds. The lowest BCUT2D eigenvalue weighted by atomic mass is 10.4. The number of imidazole rings is 1. The zero-order valence-corrected chi connectivity index (χ0v) is 10.3. The standard InChI is InChI=1S/C10H10ClN3O2S/c11-8-3-1-2-4-9(8)17(15,16)14-7-10-12-5-6-13-10/h1-6,14H,7H2,(H,12,13). The Kier molecular flexibility index (Phi) is 3.46. The molecule has 1 heterocycles. The Balaban J connectivity index is 2.17. The quantitative estimate of drug-likeness (QED) is 0.886. The minimum atomic E-state index is -3.61. The molecule has 5 nitrogen and oxygen atoms in total. The van der Waals surface area contributed by atoms with E-state index in [2.05, 4.69) is 14.7 Å². The fraction of sp³-hybridized carbons (Fsp3) is 0.100. The molecule has 2 N–H and O–H groups in total. The molecule has 0 saturated heterocycles. The molecule has 0 aliphatic carbocycles. The van der Waals surface area contributed by atoms with E-state index in [4.69, 9.17) is 11.6 Å². The molecule has 1 aromatic heterocycles. The molecule has 2 rings (SSSR count). The molecule has 0 unspecified atom stereocenters. The third kappa shape index (κ3) is 2.85. The number of rotatable bonds is 4. The zero-order chi connectivity index (χ0) is 12.3. The highest BCUT2D eigenvalue weighted by atomic mass is 35.5. The van der Waals surface area contributed by atoms with E-state index in [1.165, 1.54) is 12.1 Å². The summed E-state index contributed by atoms with van der Waals surface area (Å²) in [6.45, 7) is 0.0978. The average molecular weight is 272 g/mol. The molecule has 90 valence electrons. The third-order valence-electron chi connectivity index (χ3n) is 2.11. The fourth-order valence-electron chi connectivity index (χ4n) is 1.30. The Bertz CT molecular complexity index is 596. The summed E-state index contributed by atoms with van der Waals surface area (Å²) in [4.78, 5) is 6.79. The summed E-state index contributed by atoms with van der Waals surface area (Å²) in [5.74, 6) is 0.542. The normalized spacial score (nSPS) is 11.6. The van der Waals surface area contributed by atoms with E-state index in [9.17, 15) is 8.42 Å². The molecular formula is C10H10ClN3O2S.